The van der Waals surface area contributed by atoms with Gasteiger partial charge in [0.25, 0.3) is 0 Å². The molecule has 10 heteroatoms. The molecule has 352 valence electrons. The van der Waals surface area contributed by atoms with E-state index in [4.69, 9.17) is 9.47 Å². The number of H-pyrrole nitrogens is 3. The number of nitrogens with one attached hydrogen (secondary N) is 4. The molecule has 3 aromatic rings. The number of hydrogen-bond acceptors (Lipinski definition) is 7. The summed E-state index contributed by atoms with van der Waals surface area (Å²) in [5.41, 5.74) is 11.8. The SMILES string of the molecule is C=Cc1c2[nH]c(c1C)/C=C1\N/C(=C3\c4[nH]c(c(C)c4C(=O)[C@@H]3C(=O)OC)/C=c3\[nH]/c(c(C)c3CC)=C\2)[C@@H](CCC(=O)O[C@H](O)/C=C(\C)CCC[C@H](C)CCC[C@H](C)CCCC(C)C)[C@@H]1C. The van der Waals surface area contributed by atoms with Crippen molar-refractivity contribution < 1.29 is 29.0 Å². The highest BCUT2D eigenvalue weighted by Crippen LogP contribution is 2.48. The number of aromatic nitrogens is 3. The lowest BCUT2D eigenvalue weighted by Crippen LogP contribution is -2.25. The Balaban J connectivity index is 1.23. The van der Waals surface area contributed by atoms with Gasteiger partial charge in [-0.25, -0.2) is 0 Å². The van der Waals surface area contributed by atoms with Gasteiger partial charge in [0.15, 0.2) is 5.78 Å². The highest BCUT2D eigenvalue weighted by Gasteiger charge is 2.48. The number of aromatic amines is 3. The van der Waals surface area contributed by atoms with Crippen molar-refractivity contribution >= 4 is 47.6 Å². The number of allylic oxidation sites excluding steroid dienone is 3. The van der Waals surface area contributed by atoms with Gasteiger partial charge < -0.3 is 34.8 Å². The van der Waals surface area contributed by atoms with Crippen molar-refractivity contribution in [1.29, 1.82) is 0 Å². The van der Waals surface area contributed by atoms with Crippen molar-refractivity contribution in [1.82, 2.24) is 20.3 Å². The first kappa shape index (κ1) is 49.3. The third kappa shape index (κ3) is 11.0. The number of Topliss-reactive ketones (excluding diaryl/α,β-unsaturated/α-hetero) is 1. The number of rotatable bonds is 20. The maximum Gasteiger partial charge on any atom is 0.321 e. The second kappa shape index (κ2) is 21.5. The number of aliphatic hydroxyl groups is 1. The lowest BCUT2D eigenvalue weighted by molar-refractivity contribution is -0.161. The van der Waals surface area contributed by atoms with Crippen molar-refractivity contribution in [2.24, 2.45) is 35.5 Å². The average molecular weight is 889 g/mol. The van der Waals surface area contributed by atoms with Crippen molar-refractivity contribution in [2.75, 3.05) is 7.11 Å². The lowest BCUT2D eigenvalue weighted by atomic mass is 9.85. The van der Waals surface area contributed by atoms with Crippen LogP contribution in [0.1, 0.15) is 180 Å². The fourth-order valence-electron chi connectivity index (χ4n) is 10.5. The van der Waals surface area contributed by atoms with Gasteiger partial charge in [-0.15, -0.1) is 0 Å². The van der Waals surface area contributed by atoms with Crippen LogP contribution < -0.4 is 16.0 Å². The third-order valence-corrected chi connectivity index (χ3v) is 14.6. The molecular weight excluding hydrogens is 813 g/mol. The molecule has 1 saturated heterocycles. The molecule has 65 heavy (non-hydrogen) atoms. The van der Waals surface area contributed by atoms with E-state index in [1.165, 1.54) is 51.2 Å². The van der Waals surface area contributed by atoms with E-state index in [0.29, 0.717) is 34.9 Å². The highest BCUT2D eigenvalue weighted by molar-refractivity contribution is 6.24. The van der Waals surface area contributed by atoms with Crippen molar-refractivity contribution in [3.05, 3.63) is 96.5 Å². The molecule has 2 aliphatic heterocycles. The van der Waals surface area contributed by atoms with Gasteiger partial charge in [-0.3, -0.25) is 14.4 Å². The largest absolute Gasteiger partial charge is 0.468 e. The molecule has 1 aliphatic carbocycles. The molecule has 3 aliphatic rings. The van der Waals surface area contributed by atoms with E-state index in [1.807, 2.05) is 19.9 Å². The van der Waals surface area contributed by atoms with Crippen LogP contribution in [0.25, 0.3) is 29.9 Å². The molecule has 0 aromatic carbocycles. The molecule has 0 unspecified atom stereocenters. The van der Waals surface area contributed by atoms with Gasteiger partial charge >= 0.3 is 11.9 Å². The molecule has 5 N–H and O–H groups in total. The van der Waals surface area contributed by atoms with Crippen LogP contribution in [0.5, 0.6) is 0 Å². The van der Waals surface area contributed by atoms with Crippen LogP contribution in [0.4, 0.5) is 0 Å². The van der Waals surface area contributed by atoms with Gasteiger partial charge in [-0.05, 0) is 118 Å². The summed E-state index contributed by atoms with van der Waals surface area (Å²) < 4.78 is 10.9. The van der Waals surface area contributed by atoms with E-state index in [2.05, 4.69) is 100 Å². The molecule has 10 nitrogen and oxygen atoms in total. The molecule has 1 fully saturated rings. The summed E-state index contributed by atoms with van der Waals surface area (Å²) in [5, 5.41) is 16.5. The van der Waals surface area contributed by atoms with Crippen LogP contribution in [0.3, 0.4) is 0 Å². The number of ether oxygens (including phenoxy) is 2. The summed E-state index contributed by atoms with van der Waals surface area (Å²) in [5.74, 6) is -0.918. The Hall–Kier alpha value is -5.09. The Morgan fingerprint density at radius 1 is 0.846 bits per heavy atom. The van der Waals surface area contributed by atoms with Crippen molar-refractivity contribution in [2.45, 2.75) is 153 Å². The number of fused-ring (bicyclic) bond motifs is 7. The molecule has 0 spiro atoms. The summed E-state index contributed by atoms with van der Waals surface area (Å²) in [4.78, 5) is 52.4. The van der Waals surface area contributed by atoms with Crippen LogP contribution in [-0.2, 0) is 25.5 Å². The van der Waals surface area contributed by atoms with Gasteiger partial charge in [0.2, 0.25) is 6.29 Å². The fraction of sp³-hybridized carbons (Fsp3) is 0.545. The first-order valence-corrected chi connectivity index (χ1v) is 24.4. The Kier molecular flexibility index (Phi) is 16.3. The molecule has 3 aromatic heterocycles. The monoisotopic (exact) mass is 889 g/mol. The van der Waals surface area contributed by atoms with Crippen LogP contribution >= 0.6 is 0 Å². The first-order chi connectivity index (χ1) is 31.0. The predicted octanol–water partition coefficient (Wildman–Crippen LogP) is 10.4. The molecule has 8 bridgehead atoms. The van der Waals surface area contributed by atoms with E-state index in [0.717, 1.165) is 98.8 Å². The van der Waals surface area contributed by atoms with Crippen molar-refractivity contribution in [3.63, 3.8) is 0 Å². The van der Waals surface area contributed by atoms with E-state index in [9.17, 15) is 19.5 Å². The number of carbonyl (C=O) groups is 3. The quantitative estimate of drug-likeness (QED) is 0.0328. The molecule has 6 rings (SSSR count). The summed E-state index contributed by atoms with van der Waals surface area (Å²) in [7, 11) is 1.30. The molecule has 0 saturated carbocycles. The molecular formula is C55H76N4O6. The Bertz CT molecular complexity index is 2490. The van der Waals surface area contributed by atoms with Crippen LogP contribution in [0, 0.1) is 56.3 Å². The Labute approximate surface area is 387 Å². The van der Waals surface area contributed by atoms with Gasteiger partial charge in [0, 0.05) is 74.1 Å². The fourth-order valence-corrected chi connectivity index (χ4v) is 10.5. The van der Waals surface area contributed by atoms with E-state index < -0.39 is 24.1 Å². The minimum atomic E-state index is -1.35. The zero-order chi connectivity index (χ0) is 47.3. The van der Waals surface area contributed by atoms with E-state index in [1.54, 1.807) is 6.08 Å². The van der Waals surface area contributed by atoms with Crippen LogP contribution in [0.15, 0.2) is 29.6 Å². The number of esters is 2. The van der Waals surface area contributed by atoms with Gasteiger partial charge in [0.1, 0.15) is 5.92 Å². The number of aliphatic hydroxyl groups excluding tert-OH is 1. The van der Waals surface area contributed by atoms with Crippen molar-refractivity contribution in [3.8, 4) is 0 Å². The molecule has 0 radical (unpaired) electrons. The number of carbonyl (C=O) groups excluding carboxylic acids is 3. The standard InChI is InChI=1S/C55H76N4O6/c1-13-38-34(8)41-27-43-36(10)40(24-25-47(60)65-48(61)26-33(7)23-17-22-32(6)21-16-20-31(5)19-15-18-30(3)4)52(58-43)50-51(55(63)64-12)54(62)49-37(11)44(59-53(49)50)29-46-39(14-2)35(9)42(57-46)28-45(38)56-41/h13,26-32,36,40,48,51,56-59,61H,1,14-25H2,2-12H3/b33-26+,42-28-,43-27-,46-29-,52-50-/t31-,32-,36+,40+,48+,51-/m1/s1. The average Bonchev–Trinajstić information content (AvgIpc) is 3.99. The van der Waals surface area contributed by atoms with Crippen LogP contribution in [0.2, 0.25) is 0 Å². The Morgan fingerprint density at radius 3 is 2.14 bits per heavy atom. The summed E-state index contributed by atoms with van der Waals surface area (Å²) >= 11 is 0. The van der Waals surface area contributed by atoms with Gasteiger partial charge in [0.05, 0.1) is 12.8 Å². The van der Waals surface area contributed by atoms with Gasteiger partial charge in [-0.1, -0.05) is 105 Å². The summed E-state index contributed by atoms with van der Waals surface area (Å²) in [6, 6.07) is 0. The number of hydrogen-bond donors (Lipinski definition) is 5. The Morgan fingerprint density at radius 2 is 1.49 bits per heavy atom. The number of ketones is 1. The van der Waals surface area contributed by atoms with E-state index in [-0.39, 0.29) is 24.0 Å². The maximum absolute atomic E-state index is 14.4. The number of methoxy groups -OCH3 is 1. The second-order valence-electron chi connectivity index (χ2n) is 19.9. The lowest BCUT2D eigenvalue weighted by Gasteiger charge is -2.20. The summed E-state index contributed by atoms with van der Waals surface area (Å²) in [6.45, 7) is 25.8. The molecule has 0 amide bonds. The van der Waals surface area contributed by atoms with E-state index >= 15 is 0 Å². The highest BCUT2D eigenvalue weighted by atomic mass is 16.6. The minimum absolute atomic E-state index is 0.0142. The minimum Gasteiger partial charge on any atom is -0.468 e. The summed E-state index contributed by atoms with van der Waals surface area (Å²) in [6.07, 6.45) is 20.3. The molecule has 5 heterocycles. The smallest absolute Gasteiger partial charge is 0.321 e. The second-order valence-corrected chi connectivity index (χ2v) is 19.9. The topological polar surface area (TPSA) is 149 Å². The zero-order valence-corrected chi connectivity index (χ0v) is 41.1. The maximum atomic E-state index is 14.4. The van der Waals surface area contributed by atoms with Crippen LogP contribution in [-0.4, -0.2) is 51.2 Å². The predicted molar refractivity (Wildman–Crippen MR) is 263 cm³/mol. The normalized spacial score (nSPS) is 22.4. The zero-order valence-electron chi connectivity index (χ0n) is 41.1. The first-order valence-electron chi connectivity index (χ1n) is 24.4. The third-order valence-electron chi connectivity index (χ3n) is 14.6. The molecule has 6 atom stereocenters. The van der Waals surface area contributed by atoms with Gasteiger partial charge in [-0.2, -0.15) is 0 Å².